The summed E-state index contributed by atoms with van der Waals surface area (Å²) in [7, 11) is 1.60. The first-order valence-electron chi connectivity index (χ1n) is 10.2. The van der Waals surface area contributed by atoms with E-state index < -0.39 is 0 Å². The summed E-state index contributed by atoms with van der Waals surface area (Å²) in [5.74, 6) is 1.32. The number of carbonyl (C=O) groups excluding carboxylic acids is 2. The minimum absolute atomic E-state index is 0.106. The van der Waals surface area contributed by atoms with Gasteiger partial charge in [-0.2, -0.15) is 0 Å². The Hall–Kier alpha value is -2.50. The summed E-state index contributed by atoms with van der Waals surface area (Å²) in [6.07, 6.45) is 8.15. The molecule has 0 saturated carbocycles. The van der Waals surface area contributed by atoms with Crippen LogP contribution >= 0.6 is 0 Å². The number of carbonyl (C=O) groups is 2. The fourth-order valence-electron chi connectivity index (χ4n) is 3.93. The van der Waals surface area contributed by atoms with Gasteiger partial charge in [-0.3, -0.25) is 9.59 Å². The number of nitrogens with zero attached hydrogens (tertiary/aromatic N) is 2. The highest BCUT2D eigenvalue weighted by Gasteiger charge is 2.34. The molecule has 2 amide bonds. The van der Waals surface area contributed by atoms with E-state index in [4.69, 9.17) is 9.47 Å². The maximum Gasteiger partial charge on any atom is 0.247 e. The van der Waals surface area contributed by atoms with E-state index in [1.54, 1.807) is 24.2 Å². The lowest BCUT2D eigenvalue weighted by Gasteiger charge is -2.36. The second-order valence-corrected chi connectivity index (χ2v) is 7.25. The third-order valence-electron chi connectivity index (χ3n) is 5.39. The number of likely N-dealkylation sites (tertiary alicyclic amines) is 2. The maximum absolute atomic E-state index is 12.8. The van der Waals surface area contributed by atoms with Crippen molar-refractivity contribution in [1.29, 1.82) is 0 Å². The van der Waals surface area contributed by atoms with Crippen LogP contribution in [0.1, 0.15) is 44.6 Å². The summed E-state index contributed by atoms with van der Waals surface area (Å²) in [6.45, 7) is 4.76. The van der Waals surface area contributed by atoms with Crippen molar-refractivity contribution >= 4 is 17.9 Å². The van der Waals surface area contributed by atoms with Gasteiger partial charge in [-0.15, -0.1) is 0 Å². The number of amides is 2. The van der Waals surface area contributed by atoms with Gasteiger partial charge in [0.05, 0.1) is 13.7 Å². The first-order chi connectivity index (χ1) is 13.6. The quantitative estimate of drug-likeness (QED) is 0.705. The second-order valence-electron chi connectivity index (χ2n) is 7.25. The van der Waals surface area contributed by atoms with Crippen LogP contribution in [-0.4, -0.2) is 61.0 Å². The van der Waals surface area contributed by atoms with Crippen LogP contribution < -0.4 is 9.47 Å². The number of piperidine rings is 1. The van der Waals surface area contributed by atoms with E-state index in [9.17, 15) is 9.59 Å². The van der Waals surface area contributed by atoms with Crippen LogP contribution in [0.3, 0.4) is 0 Å². The second kappa shape index (κ2) is 9.62. The van der Waals surface area contributed by atoms with E-state index in [-0.39, 0.29) is 17.9 Å². The van der Waals surface area contributed by atoms with Crippen molar-refractivity contribution in [1.82, 2.24) is 9.80 Å². The summed E-state index contributed by atoms with van der Waals surface area (Å²) in [5, 5.41) is 0. The standard InChI is InChI=1S/C22H30N2O4/c1-3-28-19-11-9-17(16-20(19)27-2)10-12-21(25)24-15-5-4-8-18(24)22(26)23-13-6-7-14-23/h9-12,16,18H,3-8,13-15H2,1-2H3/b12-10+. The van der Waals surface area contributed by atoms with Crippen molar-refractivity contribution in [2.75, 3.05) is 33.4 Å². The van der Waals surface area contributed by atoms with E-state index in [1.165, 1.54) is 0 Å². The molecule has 6 heteroatoms. The Morgan fingerprint density at radius 2 is 1.86 bits per heavy atom. The van der Waals surface area contributed by atoms with Gasteiger partial charge < -0.3 is 19.3 Å². The molecule has 0 aromatic heterocycles. The average Bonchev–Trinajstić information content (AvgIpc) is 3.27. The highest BCUT2D eigenvalue weighted by Crippen LogP contribution is 2.28. The Morgan fingerprint density at radius 1 is 1.11 bits per heavy atom. The molecule has 6 nitrogen and oxygen atoms in total. The summed E-state index contributed by atoms with van der Waals surface area (Å²) in [5.41, 5.74) is 0.855. The molecule has 0 aliphatic carbocycles. The predicted octanol–water partition coefficient (Wildman–Crippen LogP) is 3.11. The molecule has 1 atom stereocenters. The minimum atomic E-state index is -0.320. The smallest absolute Gasteiger partial charge is 0.247 e. The number of hydrogen-bond acceptors (Lipinski definition) is 4. The lowest BCUT2D eigenvalue weighted by Crippen LogP contribution is -2.52. The maximum atomic E-state index is 12.8. The van der Waals surface area contributed by atoms with E-state index in [2.05, 4.69) is 0 Å². The molecule has 3 rings (SSSR count). The highest BCUT2D eigenvalue weighted by atomic mass is 16.5. The van der Waals surface area contributed by atoms with Gasteiger partial charge >= 0.3 is 0 Å². The molecule has 152 valence electrons. The van der Waals surface area contributed by atoms with Gasteiger partial charge in [0.25, 0.3) is 0 Å². The number of ether oxygens (including phenoxy) is 2. The van der Waals surface area contributed by atoms with Gasteiger partial charge in [-0.05, 0) is 62.8 Å². The van der Waals surface area contributed by atoms with Crippen LogP contribution in [0.4, 0.5) is 0 Å². The van der Waals surface area contributed by atoms with E-state index in [0.29, 0.717) is 24.7 Å². The molecule has 1 aromatic carbocycles. The molecule has 0 spiro atoms. The number of methoxy groups -OCH3 is 1. The molecule has 0 bridgehead atoms. The Morgan fingerprint density at radius 3 is 2.57 bits per heavy atom. The summed E-state index contributed by atoms with van der Waals surface area (Å²) in [6, 6.07) is 5.25. The number of hydrogen-bond donors (Lipinski definition) is 0. The zero-order valence-electron chi connectivity index (χ0n) is 16.9. The first kappa shape index (κ1) is 20.2. The molecule has 28 heavy (non-hydrogen) atoms. The topological polar surface area (TPSA) is 59.1 Å². The Kier molecular flexibility index (Phi) is 6.95. The Bertz CT molecular complexity index is 725. The number of benzene rings is 1. The lowest BCUT2D eigenvalue weighted by molar-refractivity contribution is -0.144. The van der Waals surface area contributed by atoms with Gasteiger partial charge in [0.15, 0.2) is 11.5 Å². The molecule has 0 radical (unpaired) electrons. The summed E-state index contributed by atoms with van der Waals surface area (Å²) < 4.78 is 10.9. The number of rotatable bonds is 6. The molecule has 1 aromatic rings. The summed E-state index contributed by atoms with van der Waals surface area (Å²) in [4.78, 5) is 29.3. The zero-order valence-corrected chi connectivity index (χ0v) is 16.9. The third-order valence-corrected chi connectivity index (χ3v) is 5.39. The van der Waals surface area contributed by atoms with Gasteiger partial charge in [0.1, 0.15) is 6.04 Å². The molecule has 2 aliphatic heterocycles. The molecule has 0 N–H and O–H groups in total. The van der Waals surface area contributed by atoms with E-state index in [1.807, 2.05) is 30.0 Å². The SMILES string of the molecule is CCOc1ccc(/C=C/C(=O)N2CCCCC2C(=O)N2CCCC2)cc1OC. The molecule has 2 aliphatic rings. The van der Waals surface area contributed by atoms with Gasteiger partial charge in [0, 0.05) is 25.7 Å². The largest absolute Gasteiger partial charge is 0.493 e. The molecular formula is C22H30N2O4. The van der Waals surface area contributed by atoms with Crippen LogP contribution in [0.5, 0.6) is 11.5 Å². The van der Waals surface area contributed by atoms with Crippen molar-refractivity contribution in [2.24, 2.45) is 0 Å². The Balaban J connectivity index is 1.70. The van der Waals surface area contributed by atoms with Crippen LogP contribution in [0.2, 0.25) is 0 Å². The minimum Gasteiger partial charge on any atom is -0.493 e. The highest BCUT2D eigenvalue weighted by molar-refractivity contribution is 5.95. The summed E-state index contributed by atoms with van der Waals surface area (Å²) >= 11 is 0. The van der Waals surface area contributed by atoms with E-state index >= 15 is 0 Å². The van der Waals surface area contributed by atoms with Crippen LogP contribution in [0.25, 0.3) is 6.08 Å². The van der Waals surface area contributed by atoms with Gasteiger partial charge in [-0.1, -0.05) is 6.07 Å². The van der Waals surface area contributed by atoms with Crippen molar-refractivity contribution in [2.45, 2.75) is 45.1 Å². The lowest BCUT2D eigenvalue weighted by atomic mass is 10.0. The normalized spacial score (nSPS) is 19.9. The van der Waals surface area contributed by atoms with Crippen LogP contribution in [0, 0.1) is 0 Å². The monoisotopic (exact) mass is 386 g/mol. The zero-order chi connectivity index (χ0) is 19.9. The van der Waals surface area contributed by atoms with Crippen molar-refractivity contribution in [3.63, 3.8) is 0 Å². The molecule has 2 heterocycles. The van der Waals surface area contributed by atoms with Crippen LogP contribution in [-0.2, 0) is 9.59 Å². The van der Waals surface area contributed by atoms with Crippen molar-refractivity contribution in [3.05, 3.63) is 29.8 Å². The molecule has 2 fully saturated rings. The predicted molar refractivity (Wildman–Crippen MR) is 108 cm³/mol. The fraction of sp³-hybridized carbons (Fsp3) is 0.545. The molecule has 1 unspecified atom stereocenters. The van der Waals surface area contributed by atoms with Crippen molar-refractivity contribution in [3.8, 4) is 11.5 Å². The molecule has 2 saturated heterocycles. The van der Waals surface area contributed by atoms with Gasteiger partial charge in [-0.25, -0.2) is 0 Å². The van der Waals surface area contributed by atoms with Crippen LogP contribution in [0.15, 0.2) is 24.3 Å². The van der Waals surface area contributed by atoms with E-state index in [0.717, 1.165) is 50.8 Å². The molecular weight excluding hydrogens is 356 g/mol. The van der Waals surface area contributed by atoms with Crippen molar-refractivity contribution < 1.29 is 19.1 Å². The average molecular weight is 386 g/mol. The fourth-order valence-corrected chi connectivity index (χ4v) is 3.93. The van der Waals surface area contributed by atoms with Gasteiger partial charge in [0.2, 0.25) is 11.8 Å². The Labute approximate surface area is 167 Å². The first-order valence-corrected chi connectivity index (χ1v) is 10.2. The third kappa shape index (κ3) is 4.66.